The van der Waals surface area contributed by atoms with Gasteiger partial charge in [-0.2, -0.15) is 0 Å². The van der Waals surface area contributed by atoms with Gasteiger partial charge >= 0.3 is 0 Å². The summed E-state index contributed by atoms with van der Waals surface area (Å²) in [6.45, 7) is 4.97. The lowest BCUT2D eigenvalue weighted by Crippen LogP contribution is -2.46. The van der Waals surface area contributed by atoms with Crippen molar-refractivity contribution in [3.8, 4) is 0 Å². The third-order valence-electron chi connectivity index (χ3n) is 3.58. The summed E-state index contributed by atoms with van der Waals surface area (Å²) in [4.78, 5) is 14.3. The monoisotopic (exact) mass is 287 g/mol. The molecule has 1 fully saturated rings. The van der Waals surface area contributed by atoms with Crippen LogP contribution in [0.2, 0.25) is 10.3 Å². The first kappa shape index (κ1) is 13.6. The van der Waals surface area contributed by atoms with Gasteiger partial charge in [-0.25, -0.2) is 0 Å². The molecule has 1 amide bonds. The Morgan fingerprint density at radius 1 is 1.39 bits per heavy atom. The molecule has 0 aliphatic carbocycles. The van der Waals surface area contributed by atoms with Gasteiger partial charge in [0.2, 0.25) is 0 Å². The second-order valence-electron chi connectivity index (χ2n) is 4.73. The summed E-state index contributed by atoms with van der Waals surface area (Å²) >= 11 is 11.7. The second kappa shape index (κ2) is 5.41. The van der Waals surface area contributed by atoms with Crippen LogP contribution >= 0.6 is 23.2 Å². The highest BCUT2D eigenvalue weighted by molar-refractivity contribution is 6.34. The highest BCUT2D eigenvalue weighted by atomic mass is 35.5. The van der Waals surface area contributed by atoms with Crippen LogP contribution in [0.25, 0.3) is 0 Å². The van der Waals surface area contributed by atoms with E-state index in [4.69, 9.17) is 23.2 Å². The van der Waals surface area contributed by atoms with E-state index < -0.39 is 0 Å². The Morgan fingerprint density at radius 2 is 2.11 bits per heavy atom. The fraction of sp³-hybridized carbons (Fsp3) is 0.583. The summed E-state index contributed by atoms with van der Waals surface area (Å²) < 4.78 is 0. The molecule has 2 atom stereocenters. The van der Waals surface area contributed by atoms with E-state index in [9.17, 15) is 4.79 Å². The van der Waals surface area contributed by atoms with Crippen LogP contribution in [0.5, 0.6) is 0 Å². The minimum Gasteiger partial charge on any atom is -0.336 e. The number of amides is 1. The molecule has 6 heteroatoms. The third kappa shape index (κ3) is 2.59. The molecular weight excluding hydrogens is 273 g/mol. The van der Waals surface area contributed by atoms with Gasteiger partial charge in [-0.1, -0.05) is 30.1 Å². The van der Waals surface area contributed by atoms with Gasteiger partial charge in [0.15, 0.2) is 10.3 Å². The van der Waals surface area contributed by atoms with Crippen LogP contribution in [0.15, 0.2) is 6.07 Å². The maximum absolute atomic E-state index is 12.4. The van der Waals surface area contributed by atoms with Crippen LogP contribution in [0.3, 0.4) is 0 Å². The molecule has 2 heterocycles. The number of aromatic nitrogens is 2. The van der Waals surface area contributed by atoms with Crippen LogP contribution in [0.1, 0.15) is 37.0 Å². The highest BCUT2D eigenvalue weighted by Crippen LogP contribution is 2.26. The molecule has 0 N–H and O–H groups in total. The number of hydrogen-bond donors (Lipinski definition) is 0. The Labute approximate surface area is 116 Å². The Balaban J connectivity index is 2.27. The minimum absolute atomic E-state index is 0.106. The van der Waals surface area contributed by atoms with Gasteiger partial charge in [0, 0.05) is 12.6 Å². The first-order valence-electron chi connectivity index (χ1n) is 6.00. The predicted octanol–water partition coefficient (Wildman–Crippen LogP) is 3.04. The molecule has 1 aromatic rings. The number of rotatable bonds is 1. The minimum atomic E-state index is -0.115. The normalized spacial score (nSPS) is 24.1. The van der Waals surface area contributed by atoms with Gasteiger partial charge in [-0.15, -0.1) is 10.2 Å². The van der Waals surface area contributed by atoms with Gasteiger partial charge in [0.1, 0.15) is 0 Å². The predicted molar refractivity (Wildman–Crippen MR) is 70.9 cm³/mol. The van der Waals surface area contributed by atoms with Crippen molar-refractivity contribution >= 4 is 29.1 Å². The van der Waals surface area contributed by atoms with Crippen molar-refractivity contribution in [2.45, 2.75) is 32.7 Å². The zero-order valence-electron chi connectivity index (χ0n) is 10.4. The van der Waals surface area contributed by atoms with Gasteiger partial charge in [0.25, 0.3) is 5.91 Å². The fourth-order valence-electron chi connectivity index (χ4n) is 2.28. The molecule has 1 aromatic heterocycles. The molecule has 2 unspecified atom stereocenters. The smallest absolute Gasteiger partial charge is 0.257 e. The molecular formula is C12H15Cl2N3O. The quantitative estimate of drug-likeness (QED) is 0.798. The lowest BCUT2D eigenvalue weighted by Gasteiger charge is -2.38. The molecule has 18 heavy (non-hydrogen) atoms. The molecule has 1 aliphatic rings. The lowest BCUT2D eigenvalue weighted by atomic mass is 9.91. The van der Waals surface area contributed by atoms with E-state index in [2.05, 4.69) is 24.0 Å². The van der Waals surface area contributed by atoms with E-state index in [-0.39, 0.29) is 22.3 Å². The molecule has 0 aromatic carbocycles. The van der Waals surface area contributed by atoms with E-state index in [1.54, 1.807) is 0 Å². The van der Waals surface area contributed by atoms with Crippen molar-refractivity contribution in [1.82, 2.24) is 15.1 Å². The van der Waals surface area contributed by atoms with E-state index in [0.717, 1.165) is 19.4 Å². The van der Waals surface area contributed by atoms with Crippen LogP contribution in [0.4, 0.5) is 0 Å². The zero-order valence-corrected chi connectivity index (χ0v) is 11.9. The summed E-state index contributed by atoms with van der Waals surface area (Å²) in [6, 6.07) is 1.68. The molecule has 0 radical (unpaired) electrons. The lowest BCUT2D eigenvalue weighted by molar-refractivity contribution is 0.0550. The molecule has 0 spiro atoms. The van der Waals surface area contributed by atoms with Gasteiger partial charge in [-0.05, 0) is 31.7 Å². The van der Waals surface area contributed by atoms with Gasteiger partial charge in [0.05, 0.1) is 5.56 Å². The number of likely N-dealkylation sites (tertiary alicyclic amines) is 1. The topological polar surface area (TPSA) is 46.1 Å². The van der Waals surface area contributed by atoms with E-state index in [1.807, 2.05) is 4.90 Å². The van der Waals surface area contributed by atoms with Crippen LogP contribution in [0, 0.1) is 5.92 Å². The summed E-state index contributed by atoms with van der Waals surface area (Å²) in [5.41, 5.74) is 0.331. The first-order valence-corrected chi connectivity index (χ1v) is 6.76. The summed E-state index contributed by atoms with van der Waals surface area (Å²) in [5.74, 6) is 0.377. The number of hydrogen-bond acceptors (Lipinski definition) is 3. The highest BCUT2D eigenvalue weighted by Gasteiger charge is 2.30. The van der Waals surface area contributed by atoms with Crippen molar-refractivity contribution in [1.29, 1.82) is 0 Å². The SMILES string of the molecule is CC1CCCN(C(=O)c2cc(Cl)nnc2Cl)C1C. The average molecular weight is 288 g/mol. The zero-order chi connectivity index (χ0) is 13.3. The molecule has 1 aliphatic heterocycles. The number of halogens is 2. The van der Waals surface area contributed by atoms with E-state index >= 15 is 0 Å². The second-order valence-corrected chi connectivity index (χ2v) is 5.48. The Kier molecular flexibility index (Phi) is 4.07. The standard InChI is InChI=1S/C12H15Cl2N3O/c1-7-4-3-5-17(8(7)2)12(18)9-6-10(13)15-16-11(9)14/h6-8H,3-5H2,1-2H3. The van der Waals surface area contributed by atoms with Crippen LogP contribution in [-0.4, -0.2) is 33.6 Å². The Hall–Kier alpha value is -0.870. The Morgan fingerprint density at radius 3 is 2.83 bits per heavy atom. The van der Waals surface area contributed by atoms with Crippen molar-refractivity contribution in [2.24, 2.45) is 5.92 Å². The molecule has 1 saturated heterocycles. The first-order chi connectivity index (χ1) is 8.50. The summed E-state index contributed by atoms with van der Waals surface area (Å²) in [6.07, 6.45) is 2.16. The van der Waals surface area contributed by atoms with Crippen molar-refractivity contribution in [3.63, 3.8) is 0 Å². The van der Waals surface area contributed by atoms with E-state index in [1.165, 1.54) is 6.07 Å². The van der Waals surface area contributed by atoms with Gasteiger partial charge in [-0.3, -0.25) is 4.79 Å². The molecule has 4 nitrogen and oxygen atoms in total. The van der Waals surface area contributed by atoms with Crippen LogP contribution < -0.4 is 0 Å². The molecule has 0 bridgehead atoms. The number of nitrogens with zero attached hydrogens (tertiary/aromatic N) is 3. The largest absolute Gasteiger partial charge is 0.336 e. The van der Waals surface area contributed by atoms with Crippen molar-refractivity contribution in [3.05, 3.63) is 21.9 Å². The molecule has 0 saturated carbocycles. The maximum Gasteiger partial charge on any atom is 0.257 e. The number of piperidine rings is 1. The Bertz CT molecular complexity index is 467. The number of carbonyl (C=O) groups excluding carboxylic acids is 1. The summed E-state index contributed by atoms with van der Waals surface area (Å²) in [5, 5.41) is 7.58. The van der Waals surface area contributed by atoms with Crippen LogP contribution in [-0.2, 0) is 0 Å². The molecule has 98 valence electrons. The fourth-order valence-corrected chi connectivity index (χ4v) is 2.60. The average Bonchev–Trinajstić information content (AvgIpc) is 2.35. The van der Waals surface area contributed by atoms with Gasteiger partial charge < -0.3 is 4.90 Å². The van der Waals surface area contributed by atoms with Crippen molar-refractivity contribution < 1.29 is 4.79 Å². The third-order valence-corrected chi connectivity index (χ3v) is 4.05. The maximum atomic E-state index is 12.4. The molecule has 2 rings (SSSR count). The number of carbonyl (C=O) groups is 1. The summed E-state index contributed by atoms with van der Waals surface area (Å²) in [7, 11) is 0. The van der Waals surface area contributed by atoms with E-state index in [0.29, 0.717) is 11.5 Å². The van der Waals surface area contributed by atoms with Crippen molar-refractivity contribution in [2.75, 3.05) is 6.54 Å².